The van der Waals surface area contributed by atoms with Crippen LogP contribution < -0.4 is 16.4 Å². The van der Waals surface area contributed by atoms with Gasteiger partial charge in [0.1, 0.15) is 6.04 Å². The molecular formula is C19H31N3O3. The third kappa shape index (κ3) is 3.82. The molecule has 4 N–H and O–H groups in total. The van der Waals surface area contributed by atoms with Crippen molar-refractivity contribution >= 4 is 17.7 Å². The molecule has 0 radical (unpaired) electrons. The van der Waals surface area contributed by atoms with E-state index < -0.39 is 11.9 Å². The molecule has 0 spiro atoms. The normalized spacial score (nSPS) is 34.0. The molecule has 4 bridgehead atoms. The lowest BCUT2D eigenvalue weighted by molar-refractivity contribution is -0.146. The number of amides is 3. The summed E-state index contributed by atoms with van der Waals surface area (Å²) in [6, 6.07) is -0.661. The Hall–Kier alpha value is -1.59. The van der Waals surface area contributed by atoms with E-state index in [0.717, 1.165) is 37.0 Å². The van der Waals surface area contributed by atoms with Crippen molar-refractivity contribution < 1.29 is 14.4 Å². The summed E-state index contributed by atoms with van der Waals surface area (Å²) in [4.78, 5) is 36.2. The standard InChI is InChI=1S/C19H31N3O3/c1-11(2)16(17(20)24)22-15(23)3-4-21-18(25)19-8-12-5-13(9-19)7-14(6-12)10-19/h11-14,16H,3-10H2,1-2H3,(H2,20,24)(H,21,25)(H,22,23)/t12?,13?,14?,16-,19?/m0/s1. The van der Waals surface area contributed by atoms with Gasteiger partial charge in [0.15, 0.2) is 0 Å². The molecule has 0 saturated heterocycles. The van der Waals surface area contributed by atoms with Crippen LogP contribution in [0.3, 0.4) is 0 Å². The van der Waals surface area contributed by atoms with E-state index in [4.69, 9.17) is 5.73 Å². The first kappa shape index (κ1) is 18.2. The van der Waals surface area contributed by atoms with Crippen LogP contribution in [0.25, 0.3) is 0 Å². The highest BCUT2D eigenvalue weighted by atomic mass is 16.2. The largest absolute Gasteiger partial charge is 0.368 e. The van der Waals surface area contributed by atoms with E-state index in [1.165, 1.54) is 19.3 Å². The molecule has 0 aromatic carbocycles. The summed E-state index contributed by atoms with van der Waals surface area (Å²) in [6.07, 6.45) is 7.15. The predicted octanol–water partition coefficient (Wildman–Crippen LogP) is 1.34. The topological polar surface area (TPSA) is 101 Å². The zero-order valence-corrected chi connectivity index (χ0v) is 15.3. The first-order chi connectivity index (χ1) is 11.8. The number of rotatable bonds is 7. The van der Waals surface area contributed by atoms with Crippen molar-refractivity contribution in [2.75, 3.05) is 6.54 Å². The number of hydrogen-bond donors (Lipinski definition) is 3. The van der Waals surface area contributed by atoms with Crippen LogP contribution in [-0.2, 0) is 14.4 Å². The molecule has 3 amide bonds. The van der Waals surface area contributed by atoms with Crippen molar-refractivity contribution in [1.82, 2.24) is 10.6 Å². The van der Waals surface area contributed by atoms with Gasteiger partial charge in [-0.25, -0.2) is 0 Å². The molecule has 0 aromatic rings. The molecule has 4 fully saturated rings. The van der Waals surface area contributed by atoms with Crippen LogP contribution in [0, 0.1) is 29.1 Å². The molecule has 4 aliphatic carbocycles. The summed E-state index contributed by atoms with van der Waals surface area (Å²) in [5.74, 6) is 1.48. The third-order valence-corrected chi connectivity index (χ3v) is 6.45. The van der Waals surface area contributed by atoms with E-state index >= 15 is 0 Å². The molecule has 0 aliphatic heterocycles. The highest BCUT2D eigenvalue weighted by molar-refractivity contribution is 5.87. The van der Waals surface area contributed by atoms with E-state index in [1.807, 2.05) is 13.8 Å². The maximum absolute atomic E-state index is 12.8. The third-order valence-electron chi connectivity index (χ3n) is 6.45. The molecule has 0 heterocycles. The average Bonchev–Trinajstić information content (AvgIpc) is 2.50. The van der Waals surface area contributed by atoms with Crippen molar-refractivity contribution in [2.45, 2.75) is 64.8 Å². The van der Waals surface area contributed by atoms with Gasteiger partial charge in [0.25, 0.3) is 0 Å². The maximum Gasteiger partial charge on any atom is 0.240 e. The summed E-state index contributed by atoms with van der Waals surface area (Å²) in [6.45, 7) is 3.99. The Bertz CT molecular complexity index is 523. The molecular weight excluding hydrogens is 318 g/mol. The lowest BCUT2D eigenvalue weighted by Gasteiger charge is -2.55. The fourth-order valence-corrected chi connectivity index (χ4v) is 5.68. The van der Waals surface area contributed by atoms with Gasteiger partial charge in [0.05, 0.1) is 0 Å². The number of primary amides is 1. The lowest BCUT2D eigenvalue weighted by atomic mass is 9.49. The molecule has 4 rings (SSSR count). The van der Waals surface area contributed by atoms with Crippen molar-refractivity contribution in [3.63, 3.8) is 0 Å². The van der Waals surface area contributed by atoms with Crippen molar-refractivity contribution in [2.24, 2.45) is 34.8 Å². The Kier molecular flexibility index (Phi) is 5.07. The van der Waals surface area contributed by atoms with Crippen LogP contribution in [0.15, 0.2) is 0 Å². The Labute approximate surface area is 149 Å². The summed E-state index contributed by atoms with van der Waals surface area (Å²) in [5.41, 5.74) is 5.13. The van der Waals surface area contributed by atoms with Gasteiger partial charge in [0, 0.05) is 18.4 Å². The second kappa shape index (κ2) is 6.96. The van der Waals surface area contributed by atoms with Crippen molar-refractivity contribution in [3.05, 3.63) is 0 Å². The Morgan fingerprint density at radius 2 is 1.56 bits per heavy atom. The lowest BCUT2D eigenvalue weighted by Crippen LogP contribution is -2.54. The van der Waals surface area contributed by atoms with Crippen LogP contribution in [0.1, 0.15) is 58.8 Å². The second-order valence-corrected chi connectivity index (χ2v) is 8.90. The van der Waals surface area contributed by atoms with Gasteiger partial charge in [-0.2, -0.15) is 0 Å². The van der Waals surface area contributed by atoms with Crippen molar-refractivity contribution in [3.8, 4) is 0 Å². The minimum absolute atomic E-state index is 0.0527. The van der Waals surface area contributed by atoms with E-state index in [-0.39, 0.29) is 29.6 Å². The second-order valence-electron chi connectivity index (χ2n) is 8.90. The first-order valence-corrected chi connectivity index (χ1v) is 9.66. The van der Waals surface area contributed by atoms with E-state index in [2.05, 4.69) is 10.6 Å². The zero-order valence-electron chi connectivity index (χ0n) is 15.3. The fraction of sp³-hybridized carbons (Fsp3) is 0.842. The summed E-state index contributed by atoms with van der Waals surface area (Å²) >= 11 is 0. The number of nitrogens with two attached hydrogens (primary N) is 1. The molecule has 140 valence electrons. The van der Waals surface area contributed by atoms with Crippen molar-refractivity contribution in [1.29, 1.82) is 0 Å². The summed E-state index contributed by atoms with van der Waals surface area (Å²) in [5, 5.41) is 5.65. The van der Waals surface area contributed by atoms with E-state index in [0.29, 0.717) is 6.54 Å². The number of hydrogen-bond acceptors (Lipinski definition) is 3. The van der Waals surface area contributed by atoms with Gasteiger partial charge in [-0.15, -0.1) is 0 Å². The minimum atomic E-state index is -0.661. The van der Waals surface area contributed by atoms with Gasteiger partial charge in [-0.05, 0) is 62.2 Å². The zero-order chi connectivity index (χ0) is 18.2. The number of nitrogens with one attached hydrogen (secondary N) is 2. The van der Waals surface area contributed by atoms with Gasteiger partial charge < -0.3 is 16.4 Å². The molecule has 4 aliphatic rings. The summed E-state index contributed by atoms with van der Waals surface area (Å²) < 4.78 is 0. The van der Waals surface area contributed by atoms with Crippen LogP contribution in [-0.4, -0.2) is 30.3 Å². The first-order valence-electron chi connectivity index (χ1n) is 9.66. The SMILES string of the molecule is CC(C)[C@H](NC(=O)CCNC(=O)C12CC3CC(CC(C3)C1)C2)C(N)=O. The quantitative estimate of drug-likeness (QED) is 0.646. The molecule has 4 saturated carbocycles. The predicted molar refractivity (Wildman–Crippen MR) is 94.2 cm³/mol. The van der Waals surface area contributed by atoms with Crippen LogP contribution in [0.5, 0.6) is 0 Å². The van der Waals surface area contributed by atoms with E-state index in [9.17, 15) is 14.4 Å². The van der Waals surface area contributed by atoms with Crippen LogP contribution in [0.4, 0.5) is 0 Å². The molecule has 6 nitrogen and oxygen atoms in total. The van der Waals surface area contributed by atoms with Gasteiger partial charge in [-0.3, -0.25) is 14.4 Å². The molecule has 6 heteroatoms. The molecule has 0 unspecified atom stereocenters. The Morgan fingerprint density at radius 3 is 2.00 bits per heavy atom. The number of carbonyl (C=O) groups excluding carboxylic acids is 3. The Balaban J connectivity index is 1.47. The monoisotopic (exact) mass is 349 g/mol. The Morgan fingerprint density at radius 1 is 1.04 bits per heavy atom. The minimum Gasteiger partial charge on any atom is -0.368 e. The molecule has 25 heavy (non-hydrogen) atoms. The van der Waals surface area contributed by atoms with Gasteiger partial charge in [0.2, 0.25) is 17.7 Å². The fourth-order valence-electron chi connectivity index (χ4n) is 5.68. The molecule has 0 aromatic heterocycles. The number of carbonyl (C=O) groups is 3. The van der Waals surface area contributed by atoms with Crippen LogP contribution >= 0.6 is 0 Å². The highest BCUT2D eigenvalue weighted by Crippen LogP contribution is 2.60. The average molecular weight is 349 g/mol. The molecule has 1 atom stereocenters. The maximum atomic E-state index is 12.8. The smallest absolute Gasteiger partial charge is 0.240 e. The van der Waals surface area contributed by atoms with E-state index in [1.54, 1.807) is 0 Å². The van der Waals surface area contributed by atoms with Gasteiger partial charge >= 0.3 is 0 Å². The van der Waals surface area contributed by atoms with Crippen LogP contribution in [0.2, 0.25) is 0 Å². The highest BCUT2D eigenvalue weighted by Gasteiger charge is 2.54. The van der Waals surface area contributed by atoms with Gasteiger partial charge in [-0.1, -0.05) is 13.8 Å². The summed E-state index contributed by atoms with van der Waals surface area (Å²) in [7, 11) is 0.